The summed E-state index contributed by atoms with van der Waals surface area (Å²) in [6, 6.07) is 8.28. The zero-order valence-corrected chi connectivity index (χ0v) is 17.5. The van der Waals surface area contributed by atoms with Crippen molar-refractivity contribution in [1.29, 1.82) is 0 Å². The molecule has 0 saturated carbocycles. The second kappa shape index (κ2) is 11.8. The van der Waals surface area contributed by atoms with Crippen LogP contribution in [-0.2, 0) is 27.4 Å². The quantitative estimate of drug-likeness (QED) is 0.355. The smallest absolute Gasteiger partial charge is 0.222 e. The number of rotatable bonds is 10. The number of carbonyl (C=O) groups is 1. The van der Waals surface area contributed by atoms with Gasteiger partial charge in [0.15, 0.2) is 5.96 Å². The highest BCUT2D eigenvalue weighted by Gasteiger charge is 2.20. The molecule has 0 aromatic heterocycles. The van der Waals surface area contributed by atoms with Gasteiger partial charge in [-0.05, 0) is 30.4 Å². The minimum absolute atomic E-state index is 0.257. The van der Waals surface area contributed by atoms with Crippen LogP contribution in [0.2, 0.25) is 0 Å². The molecule has 2 heterocycles. The minimum Gasteiger partial charge on any atom is -0.381 e. The molecule has 29 heavy (non-hydrogen) atoms. The van der Waals surface area contributed by atoms with Crippen LogP contribution in [0, 0.1) is 5.92 Å². The number of likely N-dealkylation sites (tertiary alicyclic amines) is 1. The summed E-state index contributed by atoms with van der Waals surface area (Å²) in [7, 11) is 1.78. The molecule has 7 heteroatoms. The van der Waals surface area contributed by atoms with Crippen molar-refractivity contribution in [3.8, 4) is 0 Å². The molecule has 0 bridgehead atoms. The molecular formula is C22H34N4O3. The Kier molecular flexibility index (Phi) is 8.77. The first-order valence-corrected chi connectivity index (χ1v) is 10.7. The lowest BCUT2D eigenvalue weighted by atomic mass is 10.1. The third kappa shape index (κ3) is 7.01. The van der Waals surface area contributed by atoms with E-state index < -0.39 is 0 Å². The van der Waals surface area contributed by atoms with Crippen LogP contribution < -0.4 is 10.6 Å². The van der Waals surface area contributed by atoms with E-state index in [0.717, 1.165) is 64.7 Å². The van der Waals surface area contributed by atoms with E-state index in [2.05, 4.69) is 27.8 Å². The van der Waals surface area contributed by atoms with Crippen molar-refractivity contribution in [2.75, 3.05) is 46.6 Å². The van der Waals surface area contributed by atoms with Gasteiger partial charge in [0, 0.05) is 58.8 Å². The molecule has 2 N–H and O–H groups in total. The number of hydrogen-bond donors (Lipinski definition) is 2. The van der Waals surface area contributed by atoms with Crippen LogP contribution in [0.25, 0.3) is 0 Å². The van der Waals surface area contributed by atoms with Gasteiger partial charge in [0.1, 0.15) is 0 Å². The molecule has 160 valence electrons. The van der Waals surface area contributed by atoms with E-state index in [1.54, 1.807) is 7.05 Å². The lowest BCUT2D eigenvalue weighted by Gasteiger charge is -2.19. The van der Waals surface area contributed by atoms with Crippen molar-refractivity contribution in [2.45, 2.75) is 38.8 Å². The largest absolute Gasteiger partial charge is 0.381 e. The Bertz CT molecular complexity index is 674. The van der Waals surface area contributed by atoms with Crippen molar-refractivity contribution >= 4 is 11.9 Å². The van der Waals surface area contributed by atoms with Gasteiger partial charge in [-0.2, -0.15) is 0 Å². The summed E-state index contributed by atoms with van der Waals surface area (Å²) in [6.45, 7) is 6.28. The molecule has 1 unspecified atom stereocenters. The average Bonchev–Trinajstić information content (AvgIpc) is 3.40. The number of hydrogen-bond acceptors (Lipinski definition) is 4. The molecule has 0 radical (unpaired) electrons. The maximum absolute atomic E-state index is 11.9. The van der Waals surface area contributed by atoms with Gasteiger partial charge in [0.05, 0.1) is 13.2 Å². The van der Waals surface area contributed by atoms with Crippen LogP contribution in [0.5, 0.6) is 0 Å². The number of carbonyl (C=O) groups excluding carboxylic acids is 1. The fourth-order valence-electron chi connectivity index (χ4n) is 3.71. The number of amides is 1. The van der Waals surface area contributed by atoms with E-state index >= 15 is 0 Å². The molecule has 0 spiro atoms. The van der Waals surface area contributed by atoms with Crippen molar-refractivity contribution < 1.29 is 14.3 Å². The van der Waals surface area contributed by atoms with Gasteiger partial charge in [-0.15, -0.1) is 0 Å². The Morgan fingerprint density at radius 3 is 2.90 bits per heavy atom. The lowest BCUT2D eigenvalue weighted by Crippen LogP contribution is -2.38. The first kappa shape index (κ1) is 21.6. The van der Waals surface area contributed by atoms with Crippen molar-refractivity contribution in [2.24, 2.45) is 10.9 Å². The second-order valence-electron chi connectivity index (χ2n) is 7.70. The normalized spacial score (nSPS) is 19.8. The third-order valence-corrected chi connectivity index (χ3v) is 5.46. The molecule has 0 aliphatic carbocycles. The molecule has 1 amide bonds. The van der Waals surface area contributed by atoms with E-state index in [9.17, 15) is 4.79 Å². The fourth-order valence-corrected chi connectivity index (χ4v) is 3.71. The molecule has 1 aromatic rings. The van der Waals surface area contributed by atoms with Gasteiger partial charge in [-0.1, -0.05) is 24.3 Å². The number of ether oxygens (including phenoxy) is 2. The Morgan fingerprint density at radius 2 is 2.17 bits per heavy atom. The van der Waals surface area contributed by atoms with Gasteiger partial charge in [0.2, 0.25) is 5.91 Å². The number of aliphatic imine (C=N–C) groups is 1. The topological polar surface area (TPSA) is 75.2 Å². The molecule has 2 aliphatic rings. The molecule has 1 aromatic carbocycles. The van der Waals surface area contributed by atoms with E-state index in [4.69, 9.17) is 9.47 Å². The number of nitrogens with one attached hydrogen (secondary N) is 2. The number of benzene rings is 1. The maximum atomic E-state index is 11.9. The molecule has 3 rings (SSSR count). The van der Waals surface area contributed by atoms with Crippen LogP contribution in [0.15, 0.2) is 29.3 Å². The van der Waals surface area contributed by atoms with Crippen LogP contribution in [0.1, 0.15) is 36.8 Å². The van der Waals surface area contributed by atoms with Crippen LogP contribution in [0.4, 0.5) is 0 Å². The fraction of sp³-hybridized carbons (Fsp3) is 0.636. The van der Waals surface area contributed by atoms with E-state index in [0.29, 0.717) is 25.4 Å². The number of guanidine groups is 1. The second-order valence-corrected chi connectivity index (χ2v) is 7.70. The van der Waals surface area contributed by atoms with Gasteiger partial charge in [-0.25, -0.2) is 0 Å². The van der Waals surface area contributed by atoms with Crippen molar-refractivity contribution in [1.82, 2.24) is 15.5 Å². The first-order valence-electron chi connectivity index (χ1n) is 10.7. The van der Waals surface area contributed by atoms with Gasteiger partial charge >= 0.3 is 0 Å². The summed E-state index contributed by atoms with van der Waals surface area (Å²) in [5, 5.41) is 6.71. The SMILES string of the molecule is CN=C(NCCCOCC1CCOC1)NCc1ccccc1CN1CCCC1=O. The Hall–Kier alpha value is -2.12. The van der Waals surface area contributed by atoms with Crippen LogP contribution in [0.3, 0.4) is 0 Å². The van der Waals surface area contributed by atoms with E-state index in [1.807, 2.05) is 17.0 Å². The molecular weight excluding hydrogens is 368 g/mol. The zero-order chi connectivity index (χ0) is 20.3. The lowest BCUT2D eigenvalue weighted by molar-refractivity contribution is -0.128. The summed E-state index contributed by atoms with van der Waals surface area (Å²) in [5.41, 5.74) is 2.38. The highest BCUT2D eigenvalue weighted by Crippen LogP contribution is 2.17. The van der Waals surface area contributed by atoms with Crippen molar-refractivity contribution in [3.63, 3.8) is 0 Å². The molecule has 2 aliphatic heterocycles. The van der Waals surface area contributed by atoms with Crippen LogP contribution in [-0.4, -0.2) is 63.3 Å². The Morgan fingerprint density at radius 1 is 1.31 bits per heavy atom. The molecule has 1 atom stereocenters. The Balaban J connectivity index is 1.36. The van der Waals surface area contributed by atoms with Gasteiger partial charge in [0.25, 0.3) is 0 Å². The van der Waals surface area contributed by atoms with E-state index in [-0.39, 0.29) is 5.91 Å². The van der Waals surface area contributed by atoms with E-state index in [1.165, 1.54) is 11.1 Å². The average molecular weight is 403 g/mol. The highest BCUT2D eigenvalue weighted by molar-refractivity contribution is 5.79. The minimum atomic E-state index is 0.257. The van der Waals surface area contributed by atoms with Crippen molar-refractivity contribution in [3.05, 3.63) is 35.4 Å². The summed E-state index contributed by atoms with van der Waals surface area (Å²) in [5.74, 6) is 1.60. The highest BCUT2D eigenvalue weighted by atomic mass is 16.5. The first-order chi connectivity index (χ1) is 14.3. The predicted molar refractivity (Wildman–Crippen MR) is 114 cm³/mol. The van der Waals surface area contributed by atoms with Gasteiger partial charge < -0.3 is 25.0 Å². The maximum Gasteiger partial charge on any atom is 0.222 e. The molecule has 7 nitrogen and oxygen atoms in total. The zero-order valence-electron chi connectivity index (χ0n) is 17.5. The third-order valence-electron chi connectivity index (χ3n) is 5.46. The Labute approximate surface area is 173 Å². The summed E-state index contributed by atoms with van der Waals surface area (Å²) in [4.78, 5) is 18.2. The summed E-state index contributed by atoms with van der Waals surface area (Å²) in [6.07, 6.45) is 3.69. The summed E-state index contributed by atoms with van der Waals surface area (Å²) >= 11 is 0. The van der Waals surface area contributed by atoms with Gasteiger partial charge in [-0.3, -0.25) is 9.79 Å². The standard InChI is InChI=1S/C22H34N4O3/c1-23-22(24-10-5-12-28-16-18-9-13-29-17-18)25-14-19-6-2-3-7-20(19)15-26-11-4-8-21(26)27/h2-3,6-7,18H,4-5,8-17H2,1H3,(H2,23,24,25). The number of nitrogens with zero attached hydrogens (tertiary/aromatic N) is 2. The summed E-state index contributed by atoms with van der Waals surface area (Å²) < 4.78 is 11.1. The monoisotopic (exact) mass is 402 g/mol. The molecule has 2 fully saturated rings. The van der Waals surface area contributed by atoms with Crippen LogP contribution >= 0.6 is 0 Å². The predicted octanol–water partition coefficient (Wildman–Crippen LogP) is 1.92. The molecule has 2 saturated heterocycles.